The van der Waals surface area contributed by atoms with Crippen LogP contribution in [0.25, 0.3) is 0 Å². The van der Waals surface area contributed by atoms with Gasteiger partial charge in [0.2, 0.25) is 0 Å². The summed E-state index contributed by atoms with van der Waals surface area (Å²) in [7, 11) is 0. The molecule has 0 fully saturated rings. The Balaban J connectivity index is 0.000000302. The van der Waals surface area contributed by atoms with Crippen molar-refractivity contribution in [2.45, 2.75) is 62.0 Å². The van der Waals surface area contributed by atoms with Crippen molar-refractivity contribution in [2.24, 2.45) is 0 Å². The van der Waals surface area contributed by atoms with Crippen molar-refractivity contribution in [2.75, 3.05) is 0 Å². The van der Waals surface area contributed by atoms with E-state index in [9.17, 15) is 0 Å². The lowest BCUT2D eigenvalue weighted by molar-refractivity contribution is 0.851. The van der Waals surface area contributed by atoms with Gasteiger partial charge in [0.25, 0.3) is 0 Å². The summed E-state index contributed by atoms with van der Waals surface area (Å²) in [6.45, 7) is 6.73. The molecule has 17 heavy (non-hydrogen) atoms. The summed E-state index contributed by atoms with van der Waals surface area (Å²) >= 11 is 0.389. The van der Waals surface area contributed by atoms with Gasteiger partial charge in [-0.2, -0.15) is 0 Å². The molecule has 1 aromatic rings. The molecule has 1 rings (SSSR count). The number of unbranched alkanes of at least 4 members (excludes halogenated alkanes) is 2. The van der Waals surface area contributed by atoms with E-state index < -0.39 is 0 Å². The van der Waals surface area contributed by atoms with Crippen LogP contribution in [-0.4, -0.2) is 20.4 Å². The smallest absolute Gasteiger partial charge is 0.146 e. The first-order chi connectivity index (χ1) is 8.35. The fraction of sp³-hybridized carbons (Fsp3) is 0.625. The summed E-state index contributed by atoms with van der Waals surface area (Å²) in [6.07, 6.45) is 6.94. The van der Waals surface area contributed by atoms with Gasteiger partial charge in [0, 0.05) is 0 Å². The van der Waals surface area contributed by atoms with Gasteiger partial charge in [-0.25, -0.2) is 0 Å². The third-order valence-corrected chi connectivity index (χ3v) is 4.96. The number of benzene rings is 1. The van der Waals surface area contributed by atoms with Crippen LogP contribution in [0.2, 0.25) is 9.10 Å². The van der Waals surface area contributed by atoms with E-state index in [1.807, 2.05) is 6.07 Å². The minimum Gasteiger partial charge on any atom is -0.146 e. The van der Waals surface area contributed by atoms with Crippen molar-refractivity contribution in [1.29, 1.82) is 0 Å². The predicted molar refractivity (Wildman–Crippen MR) is 81.0 cm³/mol. The first kappa shape index (κ1) is 17.0. The quantitative estimate of drug-likeness (QED) is 0.446. The van der Waals surface area contributed by atoms with Gasteiger partial charge >= 0.3 is 20.4 Å². The van der Waals surface area contributed by atoms with Gasteiger partial charge in [-0.15, -0.1) is 9.10 Å². The Kier molecular flexibility index (Phi) is 14.0. The Morgan fingerprint density at radius 1 is 0.824 bits per heavy atom. The van der Waals surface area contributed by atoms with E-state index in [1.54, 1.807) is 9.10 Å². The summed E-state index contributed by atoms with van der Waals surface area (Å²) in [5.74, 6) is 0. The summed E-state index contributed by atoms with van der Waals surface area (Å²) in [6, 6.07) is 10.5. The molecule has 1 aromatic carbocycles. The first-order valence-corrected chi connectivity index (χ1v) is 9.39. The third-order valence-electron chi connectivity index (χ3n) is 2.96. The number of aryl methyl sites for hydroxylation is 1. The van der Waals surface area contributed by atoms with Crippen molar-refractivity contribution < 1.29 is 0 Å². The lowest BCUT2D eigenvalue weighted by atomic mass is 10.2. The van der Waals surface area contributed by atoms with E-state index in [0.717, 1.165) is 6.42 Å². The number of rotatable bonds is 7. The minimum atomic E-state index is 0.389. The molecular formula is C16H28Mg. The summed E-state index contributed by atoms with van der Waals surface area (Å²) in [5.41, 5.74) is 1.41. The predicted octanol–water partition coefficient (Wildman–Crippen LogP) is 5.38. The van der Waals surface area contributed by atoms with Crippen molar-refractivity contribution in [3.8, 4) is 0 Å². The molecule has 0 aromatic heterocycles. The Bertz CT molecular complexity index is 225. The Labute approximate surface area is 118 Å². The van der Waals surface area contributed by atoms with Crippen LogP contribution in [0.15, 0.2) is 30.3 Å². The van der Waals surface area contributed by atoms with E-state index in [4.69, 9.17) is 0 Å². The zero-order chi connectivity index (χ0) is 12.8. The lowest BCUT2D eigenvalue weighted by Crippen LogP contribution is -1.87. The maximum absolute atomic E-state index is 2.29. The van der Waals surface area contributed by atoms with E-state index in [1.165, 1.54) is 31.2 Å². The topological polar surface area (TPSA) is 0 Å². The zero-order valence-corrected chi connectivity index (χ0v) is 13.5. The van der Waals surface area contributed by atoms with E-state index in [2.05, 4.69) is 45.0 Å². The molecule has 0 unspecified atom stereocenters. The molecule has 0 aliphatic heterocycles. The van der Waals surface area contributed by atoms with Crippen LogP contribution in [0, 0.1) is 0 Å². The highest BCUT2D eigenvalue weighted by Gasteiger charge is 1.92. The SMILES string of the molecule is CCC[CH2][Mg][CH2]CCC.CCc1ccccc1. The number of hydrogen-bond donors (Lipinski definition) is 0. The standard InChI is InChI=1S/C8H10.2C4H9.Mg/c1-2-8-6-4-3-5-7-8;2*1-3-4-2;/h3-7H,2H2,1H3;2*1,3-4H2,2H3;. The molecule has 0 amide bonds. The molecule has 0 saturated carbocycles. The summed E-state index contributed by atoms with van der Waals surface area (Å²) < 4.78 is 3.19. The molecule has 0 N–H and O–H groups in total. The van der Waals surface area contributed by atoms with Crippen molar-refractivity contribution >= 4 is 20.4 Å². The van der Waals surface area contributed by atoms with Gasteiger partial charge in [-0.1, -0.05) is 76.8 Å². The maximum Gasteiger partial charge on any atom is 0.364 e. The molecule has 0 heterocycles. The molecule has 0 spiro atoms. The van der Waals surface area contributed by atoms with Gasteiger partial charge in [-0.05, 0) is 12.0 Å². The molecule has 0 atom stereocenters. The van der Waals surface area contributed by atoms with Crippen LogP contribution >= 0.6 is 0 Å². The van der Waals surface area contributed by atoms with Crippen LogP contribution in [0.5, 0.6) is 0 Å². The van der Waals surface area contributed by atoms with Gasteiger partial charge in [-0.3, -0.25) is 0 Å². The molecular weight excluding hydrogens is 216 g/mol. The molecule has 0 bridgehead atoms. The first-order valence-electron chi connectivity index (χ1n) is 7.39. The number of hydrogen-bond acceptors (Lipinski definition) is 0. The fourth-order valence-corrected chi connectivity index (χ4v) is 3.80. The maximum atomic E-state index is 2.29. The second-order valence-corrected chi connectivity index (χ2v) is 6.73. The van der Waals surface area contributed by atoms with Crippen LogP contribution in [-0.2, 0) is 6.42 Å². The fourth-order valence-electron chi connectivity index (χ4n) is 1.74. The second kappa shape index (κ2) is 14.0. The Morgan fingerprint density at radius 2 is 1.35 bits per heavy atom. The van der Waals surface area contributed by atoms with Crippen molar-refractivity contribution in [1.82, 2.24) is 0 Å². The van der Waals surface area contributed by atoms with E-state index >= 15 is 0 Å². The highest BCUT2D eigenvalue weighted by atomic mass is 24.5. The molecule has 0 aliphatic carbocycles. The largest absolute Gasteiger partial charge is 0.364 e. The average molecular weight is 245 g/mol. The van der Waals surface area contributed by atoms with Crippen molar-refractivity contribution in [3.05, 3.63) is 35.9 Å². The Morgan fingerprint density at radius 3 is 1.71 bits per heavy atom. The van der Waals surface area contributed by atoms with Crippen LogP contribution in [0.3, 0.4) is 0 Å². The third kappa shape index (κ3) is 12.2. The lowest BCUT2D eigenvalue weighted by Gasteiger charge is -1.93. The minimum absolute atomic E-state index is 0.389. The van der Waals surface area contributed by atoms with E-state index in [-0.39, 0.29) is 0 Å². The summed E-state index contributed by atoms with van der Waals surface area (Å²) in [5, 5.41) is 0. The van der Waals surface area contributed by atoms with Gasteiger partial charge in [0.15, 0.2) is 0 Å². The van der Waals surface area contributed by atoms with Gasteiger partial charge in [0.05, 0.1) is 0 Å². The van der Waals surface area contributed by atoms with Crippen LogP contribution < -0.4 is 0 Å². The molecule has 0 saturated heterocycles. The normalized spacial score (nSPS) is 9.12. The molecule has 1 heteroatoms. The molecule has 0 nitrogen and oxygen atoms in total. The average Bonchev–Trinajstić information content (AvgIpc) is 2.40. The van der Waals surface area contributed by atoms with Gasteiger partial charge in [0.1, 0.15) is 0 Å². The van der Waals surface area contributed by atoms with E-state index in [0.29, 0.717) is 20.4 Å². The zero-order valence-electron chi connectivity index (χ0n) is 12.0. The van der Waals surface area contributed by atoms with Crippen molar-refractivity contribution in [3.63, 3.8) is 0 Å². The Hall–Kier alpha value is -0.0138. The van der Waals surface area contributed by atoms with Crippen LogP contribution in [0.1, 0.15) is 52.0 Å². The summed E-state index contributed by atoms with van der Waals surface area (Å²) in [4.78, 5) is 0. The monoisotopic (exact) mass is 244 g/mol. The molecule has 94 valence electrons. The highest BCUT2D eigenvalue weighted by molar-refractivity contribution is 6.35. The van der Waals surface area contributed by atoms with Gasteiger partial charge < -0.3 is 0 Å². The molecule has 0 aliphatic rings. The second-order valence-electron chi connectivity index (χ2n) is 4.61. The van der Waals surface area contributed by atoms with Crippen LogP contribution in [0.4, 0.5) is 0 Å². The molecule has 0 radical (unpaired) electrons. The highest BCUT2D eigenvalue weighted by Crippen LogP contribution is 2.00.